The number of rotatable bonds is 13. The Hall–Kier alpha value is -1.16. The SMILES string of the molecule is CNC(CO)(C(=O)O)C(O)C(O)C/C=C/CCCCCCC(F)(F)F. The van der Waals surface area contributed by atoms with Crippen LogP contribution in [0.15, 0.2) is 12.2 Å². The van der Waals surface area contributed by atoms with E-state index in [9.17, 15) is 33.3 Å². The molecule has 9 heteroatoms. The normalized spacial score (nSPS) is 17.4. The van der Waals surface area contributed by atoms with Gasteiger partial charge in [-0.1, -0.05) is 25.0 Å². The Morgan fingerprint density at radius 2 is 1.72 bits per heavy atom. The number of unbranched alkanes of at least 4 members (excludes halogenated alkanes) is 4. The third-order valence-electron chi connectivity index (χ3n) is 4.07. The molecule has 3 atom stereocenters. The van der Waals surface area contributed by atoms with Crippen LogP contribution < -0.4 is 5.32 Å². The fourth-order valence-corrected chi connectivity index (χ4v) is 2.37. The Balaban J connectivity index is 4.10. The average molecular weight is 371 g/mol. The summed E-state index contributed by atoms with van der Waals surface area (Å²) in [5.74, 6) is -1.48. The topological polar surface area (TPSA) is 110 Å². The predicted molar refractivity (Wildman–Crippen MR) is 86.0 cm³/mol. The van der Waals surface area contributed by atoms with Crippen molar-refractivity contribution in [3.05, 3.63) is 12.2 Å². The molecule has 148 valence electrons. The molecule has 0 spiro atoms. The highest BCUT2D eigenvalue weighted by molar-refractivity contribution is 5.80. The van der Waals surface area contributed by atoms with E-state index in [1.807, 2.05) is 0 Å². The van der Waals surface area contributed by atoms with Crippen molar-refractivity contribution in [2.24, 2.45) is 0 Å². The van der Waals surface area contributed by atoms with Crippen molar-refractivity contribution in [2.75, 3.05) is 13.7 Å². The van der Waals surface area contributed by atoms with E-state index in [2.05, 4.69) is 5.32 Å². The lowest BCUT2D eigenvalue weighted by molar-refractivity contribution is -0.158. The van der Waals surface area contributed by atoms with E-state index in [4.69, 9.17) is 5.11 Å². The summed E-state index contributed by atoms with van der Waals surface area (Å²) >= 11 is 0. The third-order valence-corrected chi connectivity index (χ3v) is 4.07. The van der Waals surface area contributed by atoms with Crippen molar-refractivity contribution in [3.8, 4) is 0 Å². The number of aliphatic carboxylic acids is 1. The summed E-state index contributed by atoms with van der Waals surface area (Å²) in [5.41, 5.74) is -2.05. The van der Waals surface area contributed by atoms with Crippen molar-refractivity contribution in [3.63, 3.8) is 0 Å². The number of carbonyl (C=O) groups is 1. The zero-order valence-electron chi connectivity index (χ0n) is 14.3. The number of hydrogen-bond donors (Lipinski definition) is 5. The first-order valence-electron chi connectivity index (χ1n) is 8.21. The Kier molecular flexibility index (Phi) is 10.9. The van der Waals surface area contributed by atoms with Crippen LogP contribution in [0.25, 0.3) is 0 Å². The molecule has 0 aromatic heterocycles. The standard InChI is InChI=1S/C16H28F3NO5/c1-20-15(11-21,14(24)25)13(23)12(22)9-7-5-3-2-4-6-8-10-16(17,18)19/h5,7,12-13,20-23H,2-4,6,8-11H2,1H3,(H,24,25)/b7-5+. The number of nitrogens with one attached hydrogen (secondary N) is 1. The second-order valence-electron chi connectivity index (χ2n) is 5.97. The van der Waals surface area contributed by atoms with Crippen molar-refractivity contribution < 1.29 is 38.4 Å². The second kappa shape index (κ2) is 11.5. The lowest BCUT2D eigenvalue weighted by Gasteiger charge is -2.34. The molecule has 0 saturated carbocycles. The van der Waals surface area contributed by atoms with Gasteiger partial charge in [0.15, 0.2) is 5.54 Å². The summed E-state index contributed by atoms with van der Waals surface area (Å²) in [6.07, 6.45) is -2.10. The fourth-order valence-electron chi connectivity index (χ4n) is 2.37. The largest absolute Gasteiger partial charge is 0.480 e. The molecule has 6 nitrogen and oxygen atoms in total. The molecule has 0 bridgehead atoms. The van der Waals surface area contributed by atoms with E-state index in [0.29, 0.717) is 25.7 Å². The molecule has 0 amide bonds. The van der Waals surface area contributed by atoms with Crippen LogP contribution in [0.5, 0.6) is 0 Å². The molecular formula is C16H28F3NO5. The smallest absolute Gasteiger partial charge is 0.389 e. The van der Waals surface area contributed by atoms with Gasteiger partial charge in [-0.3, -0.25) is 4.79 Å². The van der Waals surface area contributed by atoms with Gasteiger partial charge in [0.1, 0.15) is 6.10 Å². The highest BCUT2D eigenvalue weighted by Crippen LogP contribution is 2.23. The number of hydrogen-bond acceptors (Lipinski definition) is 5. The van der Waals surface area contributed by atoms with E-state index < -0.39 is 42.9 Å². The highest BCUT2D eigenvalue weighted by atomic mass is 19.4. The fraction of sp³-hybridized carbons (Fsp3) is 0.812. The first-order chi connectivity index (χ1) is 11.6. The Morgan fingerprint density at radius 1 is 1.12 bits per heavy atom. The molecule has 0 fully saturated rings. The van der Waals surface area contributed by atoms with Crippen LogP contribution in [0, 0.1) is 0 Å². The van der Waals surface area contributed by atoms with E-state index in [1.54, 1.807) is 12.2 Å². The van der Waals surface area contributed by atoms with Gasteiger partial charge in [0, 0.05) is 6.42 Å². The zero-order valence-corrected chi connectivity index (χ0v) is 14.3. The summed E-state index contributed by atoms with van der Waals surface area (Å²) in [7, 11) is 1.26. The lowest BCUT2D eigenvalue weighted by Crippen LogP contribution is -2.65. The minimum atomic E-state index is -4.11. The minimum absolute atomic E-state index is 0.00799. The van der Waals surface area contributed by atoms with Crippen LogP contribution in [0.3, 0.4) is 0 Å². The molecule has 3 unspecified atom stereocenters. The van der Waals surface area contributed by atoms with Gasteiger partial charge >= 0.3 is 12.1 Å². The molecule has 0 aliphatic rings. The number of allylic oxidation sites excluding steroid dienone is 1. The monoisotopic (exact) mass is 371 g/mol. The Morgan fingerprint density at radius 3 is 2.20 bits per heavy atom. The number of likely N-dealkylation sites (N-methyl/N-ethyl adjacent to an activating group) is 1. The van der Waals surface area contributed by atoms with Gasteiger partial charge in [-0.25, -0.2) is 0 Å². The quantitative estimate of drug-likeness (QED) is 0.248. The van der Waals surface area contributed by atoms with Gasteiger partial charge in [0.05, 0.1) is 12.7 Å². The lowest BCUT2D eigenvalue weighted by atomic mass is 9.88. The van der Waals surface area contributed by atoms with Gasteiger partial charge in [0.25, 0.3) is 0 Å². The molecule has 0 saturated heterocycles. The number of carboxylic acids is 1. The first kappa shape index (κ1) is 23.8. The molecule has 0 aliphatic heterocycles. The minimum Gasteiger partial charge on any atom is -0.480 e. The number of alkyl halides is 3. The molecule has 0 aliphatic carbocycles. The van der Waals surface area contributed by atoms with E-state index in [-0.39, 0.29) is 12.8 Å². The van der Waals surface area contributed by atoms with Gasteiger partial charge < -0.3 is 25.7 Å². The summed E-state index contributed by atoms with van der Waals surface area (Å²) in [6.45, 7) is -0.890. The second-order valence-corrected chi connectivity index (χ2v) is 5.97. The Bertz CT molecular complexity index is 411. The molecule has 0 radical (unpaired) electrons. The van der Waals surface area contributed by atoms with E-state index >= 15 is 0 Å². The van der Waals surface area contributed by atoms with Crippen LogP contribution >= 0.6 is 0 Å². The van der Waals surface area contributed by atoms with Gasteiger partial charge in [0.2, 0.25) is 0 Å². The van der Waals surface area contributed by atoms with Gasteiger partial charge in [-0.15, -0.1) is 0 Å². The zero-order chi connectivity index (χ0) is 19.5. The van der Waals surface area contributed by atoms with Crippen LogP contribution in [0.4, 0.5) is 13.2 Å². The first-order valence-corrected chi connectivity index (χ1v) is 8.21. The van der Waals surface area contributed by atoms with Crippen LogP contribution in [-0.2, 0) is 4.79 Å². The van der Waals surface area contributed by atoms with Crippen molar-refractivity contribution >= 4 is 5.97 Å². The maximum atomic E-state index is 11.9. The molecule has 0 rings (SSSR count). The van der Waals surface area contributed by atoms with Crippen LogP contribution in [0.2, 0.25) is 0 Å². The molecule has 5 N–H and O–H groups in total. The van der Waals surface area contributed by atoms with Crippen molar-refractivity contribution in [2.45, 2.75) is 68.9 Å². The van der Waals surface area contributed by atoms with Crippen molar-refractivity contribution in [1.82, 2.24) is 5.32 Å². The van der Waals surface area contributed by atoms with E-state index in [0.717, 1.165) is 0 Å². The number of aliphatic hydroxyl groups excluding tert-OH is 3. The van der Waals surface area contributed by atoms with Crippen LogP contribution in [0.1, 0.15) is 44.9 Å². The third kappa shape index (κ3) is 8.66. The number of carboxylic acid groups (broad SMARTS) is 1. The molecule has 0 aromatic rings. The maximum absolute atomic E-state index is 11.9. The average Bonchev–Trinajstić information content (AvgIpc) is 2.53. The van der Waals surface area contributed by atoms with Crippen molar-refractivity contribution in [1.29, 1.82) is 0 Å². The summed E-state index contributed by atoms with van der Waals surface area (Å²) in [4.78, 5) is 11.2. The van der Waals surface area contributed by atoms with E-state index in [1.165, 1.54) is 7.05 Å². The number of aliphatic hydroxyl groups is 3. The Labute approximate surface area is 145 Å². The van der Waals surface area contributed by atoms with Gasteiger partial charge in [-0.2, -0.15) is 13.2 Å². The van der Waals surface area contributed by atoms with Crippen LogP contribution in [-0.4, -0.2) is 64.0 Å². The maximum Gasteiger partial charge on any atom is 0.389 e. The highest BCUT2D eigenvalue weighted by Gasteiger charge is 2.46. The molecule has 25 heavy (non-hydrogen) atoms. The summed E-state index contributed by atoms with van der Waals surface area (Å²) in [6, 6.07) is 0. The number of halogens is 3. The molecule has 0 aromatic carbocycles. The van der Waals surface area contributed by atoms with Gasteiger partial charge in [-0.05, 0) is 32.7 Å². The predicted octanol–water partition coefficient (Wildman–Crippen LogP) is 1.59. The molecule has 0 heterocycles. The molecular weight excluding hydrogens is 343 g/mol. The summed E-state index contributed by atoms with van der Waals surface area (Å²) in [5, 5.41) is 40.5. The summed E-state index contributed by atoms with van der Waals surface area (Å²) < 4.78 is 35.8.